The highest BCUT2D eigenvalue weighted by molar-refractivity contribution is 7.15. The molecule has 1 atom stereocenters. The summed E-state index contributed by atoms with van der Waals surface area (Å²) in [5.74, 6) is 0.0424. The van der Waals surface area contributed by atoms with Crippen LogP contribution in [0.3, 0.4) is 0 Å². The molecule has 0 saturated carbocycles. The number of carboxylic acids is 1. The summed E-state index contributed by atoms with van der Waals surface area (Å²) >= 11 is 1.50. The summed E-state index contributed by atoms with van der Waals surface area (Å²) in [6.45, 7) is 4.97. The largest absolute Gasteiger partial charge is 0.478 e. The van der Waals surface area contributed by atoms with Gasteiger partial charge >= 0.3 is 5.97 Å². The fraction of sp³-hybridized carbons (Fsp3) is 0.500. The lowest BCUT2D eigenvalue weighted by molar-refractivity contribution is -0.131. The van der Waals surface area contributed by atoms with E-state index in [9.17, 15) is 4.79 Å². The number of nitrogens with zero attached hydrogens (tertiary/aromatic N) is 2. The van der Waals surface area contributed by atoms with Crippen LogP contribution in [0, 0.1) is 5.92 Å². The van der Waals surface area contributed by atoms with Crippen molar-refractivity contribution < 1.29 is 14.6 Å². The zero-order valence-electron chi connectivity index (χ0n) is 13.0. The first-order valence-corrected chi connectivity index (χ1v) is 8.53. The third kappa shape index (κ3) is 4.10. The van der Waals surface area contributed by atoms with Crippen molar-refractivity contribution in [3.8, 4) is 5.88 Å². The molecule has 120 valence electrons. The lowest BCUT2D eigenvalue weighted by atomic mass is 10.0. The van der Waals surface area contributed by atoms with Crippen LogP contribution in [0.1, 0.15) is 45.2 Å². The molecular formula is C16H22N2O3S. The summed E-state index contributed by atoms with van der Waals surface area (Å²) < 4.78 is 7.75. The maximum absolute atomic E-state index is 10.8. The van der Waals surface area contributed by atoms with Gasteiger partial charge in [-0.1, -0.05) is 33.1 Å². The number of imidazole rings is 1. The van der Waals surface area contributed by atoms with Gasteiger partial charge in [-0.05, 0) is 18.4 Å². The zero-order chi connectivity index (χ0) is 15.9. The third-order valence-corrected chi connectivity index (χ3v) is 4.40. The van der Waals surface area contributed by atoms with Gasteiger partial charge in [0.2, 0.25) is 5.88 Å². The number of aromatic nitrogens is 2. The molecule has 5 nitrogen and oxygen atoms in total. The topological polar surface area (TPSA) is 63.8 Å². The van der Waals surface area contributed by atoms with Gasteiger partial charge in [0.1, 0.15) is 5.69 Å². The van der Waals surface area contributed by atoms with E-state index in [1.165, 1.54) is 30.3 Å². The van der Waals surface area contributed by atoms with Crippen LogP contribution < -0.4 is 4.74 Å². The molecule has 0 bridgehead atoms. The lowest BCUT2D eigenvalue weighted by Crippen LogP contribution is -2.12. The van der Waals surface area contributed by atoms with E-state index in [-0.39, 0.29) is 0 Å². The Hall–Kier alpha value is -1.82. The van der Waals surface area contributed by atoms with Gasteiger partial charge in [0.15, 0.2) is 4.96 Å². The molecule has 0 radical (unpaired) electrons. The summed E-state index contributed by atoms with van der Waals surface area (Å²) in [7, 11) is 0. The first-order valence-electron chi connectivity index (χ1n) is 7.65. The van der Waals surface area contributed by atoms with Crippen molar-refractivity contribution in [3.63, 3.8) is 0 Å². The van der Waals surface area contributed by atoms with Gasteiger partial charge in [0.25, 0.3) is 0 Å². The quantitative estimate of drug-likeness (QED) is 0.706. The molecule has 0 aliphatic heterocycles. The van der Waals surface area contributed by atoms with Crippen molar-refractivity contribution in [1.29, 1.82) is 0 Å². The number of hydrogen-bond acceptors (Lipinski definition) is 4. The van der Waals surface area contributed by atoms with E-state index < -0.39 is 5.97 Å². The van der Waals surface area contributed by atoms with E-state index in [0.717, 1.165) is 23.9 Å². The second-order valence-corrected chi connectivity index (χ2v) is 6.13. The molecule has 0 aliphatic carbocycles. The monoisotopic (exact) mass is 322 g/mol. The second-order valence-electron chi connectivity index (χ2n) is 5.26. The van der Waals surface area contributed by atoms with Crippen LogP contribution in [0.2, 0.25) is 0 Å². The number of fused-ring (bicyclic) bond motifs is 1. The number of unbranched alkanes of at least 4 members (excludes halogenated alkanes) is 1. The van der Waals surface area contributed by atoms with Crippen LogP contribution >= 0.6 is 11.3 Å². The van der Waals surface area contributed by atoms with Crippen molar-refractivity contribution in [2.24, 2.45) is 5.92 Å². The van der Waals surface area contributed by atoms with Crippen LogP contribution in [0.25, 0.3) is 11.0 Å². The van der Waals surface area contributed by atoms with E-state index in [2.05, 4.69) is 18.8 Å². The molecule has 1 unspecified atom stereocenters. The molecule has 0 amide bonds. The maximum Gasteiger partial charge on any atom is 0.328 e. The Labute approximate surface area is 134 Å². The van der Waals surface area contributed by atoms with E-state index in [0.29, 0.717) is 24.1 Å². The zero-order valence-corrected chi connectivity index (χ0v) is 13.8. The van der Waals surface area contributed by atoms with Crippen LogP contribution in [0.5, 0.6) is 5.88 Å². The van der Waals surface area contributed by atoms with Gasteiger partial charge in [-0.2, -0.15) is 4.98 Å². The maximum atomic E-state index is 10.8. The van der Waals surface area contributed by atoms with Gasteiger partial charge in [-0.15, -0.1) is 11.3 Å². The summed E-state index contributed by atoms with van der Waals surface area (Å²) in [4.78, 5) is 16.0. The Morgan fingerprint density at radius 2 is 2.36 bits per heavy atom. The molecule has 0 spiro atoms. The summed E-state index contributed by atoms with van der Waals surface area (Å²) in [6, 6.07) is 0. The number of hydrogen-bond donors (Lipinski definition) is 1. The smallest absolute Gasteiger partial charge is 0.328 e. The predicted octanol–water partition coefficient (Wildman–Crippen LogP) is 4.09. The predicted molar refractivity (Wildman–Crippen MR) is 88.5 cm³/mol. The number of rotatable bonds is 9. The van der Waals surface area contributed by atoms with Gasteiger partial charge in [0.05, 0.1) is 6.61 Å². The molecule has 0 saturated heterocycles. The minimum Gasteiger partial charge on any atom is -0.478 e. The molecule has 6 heteroatoms. The number of ether oxygens (including phenoxy) is 1. The standard InChI is InChI=1S/C16H22N2O3S/c1-3-5-6-12(4-2)11-21-15-13(7-8-14(19)20)18-9-10-22-16(18)17-15/h7-10,12H,3-6,11H2,1-2H3,(H,19,20). The van der Waals surface area contributed by atoms with E-state index in [4.69, 9.17) is 9.84 Å². The van der Waals surface area contributed by atoms with Gasteiger partial charge in [0, 0.05) is 17.7 Å². The van der Waals surface area contributed by atoms with E-state index in [1.807, 2.05) is 16.0 Å². The van der Waals surface area contributed by atoms with Crippen molar-refractivity contribution in [3.05, 3.63) is 23.3 Å². The molecule has 0 fully saturated rings. The third-order valence-electron chi connectivity index (χ3n) is 3.65. The summed E-state index contributed by atoms with van der Waals surface area (Å²) in [5, 5.41) is 10.7. The van der Waals surface area contributed by atoms with Crippen molar-refractivity contribution in [2.75, 3.05) is 6.61 Å². The van der Waals surface area contributed by atoms with Gasteiger partial charge < -0.3 is 9.84 Å². The minimum atomic E-state index is -0.981. The van der Waals surface area contributed by atoms with Crippen molar-refractivity contribution >= 4 is 28.3 Å². The Morgan fingerprint density at radius 3 is 3.05 bits per heavy atom. The first kappa shape index (κ1) is 16.5. The molecule has 2 aromatic heterocycles. The van der Waals surface area contributed by atoms with Gasteiger partial charge in [-0.3, -0.25) is 4.40 Å². The average molecular weight is 322 g/mol. The Morgan fingerprint density at radius 1 is 1.55 bits per heavy atom. The number of carbonyl (C=O) groups is 1. The highest BCUT2D eigenvalue weighted by Crippen LogP contribution is 2.25. The number of thiazole rings is 1. The highest BCUT2D eigenvalue weighted by Gasteiger charge is 2.14. The van der Waals surface area contributed by atoms with Crippen LogP contribution in [-0.2, 0) is 4.79 Å². The molecule has 2 aromatic rings. The highest BCUT2D eigenvalue weighted by atomic mass is 32.1. The Kier molecular flexibility index (Phi) is 6.00. The minimum absolute atomic E-state index is 0.510. The molecular weight excluding hydrogens is 300 g/mol. The fourth-order valence-electron chi connectivity index (χ4n) is 2.29. The molecule has 0 aliphatic rings. The second kappa shape index (κ2) is 7.98. The summed E-state index contributed by atoms with van der Waals surface area (Å²) in [5.41, 5.74) is 0.684. The van der Waals surface area contributed by atoms with Crippen LogP contribution in [-0.4, -0.2) is 27.1 Å². The van der Waals surface area contributed by atoms with Crippen molar-refractivity contribution in [1.82, 2.24) is 9.38 Å². The normalized spacial score (nSPS) is 13.0. The fourth-order valence-corrected chi connectivity index (χ4v) is 3.00. The Balaban J connectivity index is 2.14. The van der Waals surface area contributed by atoms with Gasteiger partial charge in [-0.25, -0.2) is 4.79 Å². The number of aliphatic carboxylic acids is 1. The number of carboxylic acid groups (broad SMARTS) is 1. The lowest BCUT2D eigenvalue weighted by Gasteiger charge is -2.14. The molecule has 0 aromatic carbocycles. The van der Waals surface area contributed by atoms with Crippen molar-refractivity contribution in [2.45, 2.75) is 39.5 Å². The molecule has 1 N–H and O–H groups in total. The summed E-state index contributed by atoms with van der Waals surface area (Å²) in [6.07, 6.45) is 9.13. The first-order chi connectivity index (χ1) is 10.7. The average Bonchev–Trinajstić information content (AvgIpc) is 3.06. The SMILES string of the molecule is CCCCC(CC)COc1nc2sccn2c1C=CC(=O)O. The molecule has 2 rings (SSSR count). The van der Waals surface area contributed by atoms with Crippen LogP contribution in [0.4, 0.5) is 0 Å². The Bertz CT molecular complexity index is 645. The molecule has 22 heavy (non-hydrogen) atoms. The van der Waals surface area contributed by atoms with Crippen LogP contribution in [0.15, 0.2) is 17.7 Å². The van der Waals surface area contributed by atoms with E-state index >= 15 is 0 Å². The molecule has 2 heterocycles. The van der Waals surface area contributed by atoms with E-state index in [1.54, 1.807) is 0 Å².